The number of fused-ring (bicyclic) bond motifs is 3. The van der Waals surface area contributed by atoms with E-state index in [2.05, 4.69) is 15.1 Å². The summed E-state index contributed by atoms with van der Waals surface area (Å²) in [5, 5.41) is 15.0. The molecule has 2 aromatic carbocycles. The number of benzene rings is 2. The molecule has 0 bridgehead atoms. The molecule has 130 valence electrons. The molecule has 1 amide bonds. The average Bonchev–Trinajstić information content (AvgIpc) is 3.13. The molecule has 2 aromatic heterocycles. The molecule has 4 rings (SSSR count). The van der Waals surface area contributed by atoms with Gasteiger partial charge in [0.05, 0.1) is 12.1 Å². The predicted octanol–water partition coefficient (Wildman–Crippen LogP) is 0.576. The zero-order valence-electron chi connectivity index (χ0n) is 13.7. The summed E-state index contributed by atoms with van der Waals surface area (Å²) in [5.41, 5.74) is 11.5. The van der Waals surface area contributed by atoms with E-state index in [1.165, 1.54) is 4.52 Å². The van der Waals surface area contributed by atoms with E-state index in [1.807, 2.05) is 48.5 Å². The smallest absolute Gasteiger partial charge is 0.247 e. The highest BCUT2D eigenvalue weighted by atomic mass is 16.3. The van der Waals surface area contributed by atoms with Gasteiger partial charge in [-0.3, -0.25) is 4.79 Å². The second kappa shape index (κ2) is 5.87. The summed E-state index contributed by atoms with van der Waals surface area (Å²) in [4.78, 5) is 21.0. The van der Waals surface area contributed by atoms with Crippen molar-refractivity contribution in [3.05, 3.63) is 60.4 Å². The number of rotatable bonds is 4. The molecule has 0 saturated heterocycles. The lowest BCUT2D eigenvalue weighted by atomic mass is 10.00. The van der Waals surface area contributed by atoms with Crippen molar-refractivity contribution in [2.45, 2.75) is 5.54 Å². The SMILES string of the molecule is NC(=O)[C@](N)(CO)c1nc2ccccc2c2nc(-c3ccccc3)nn12. The monoisotopic (exact) mass is 348 g/mol. The molecule has 0 aliphatic heterocycles. The number of hydrogen-bond acceptors (Lipinski definition) is 6. The van der Waals surface area contributed by atoms with Crippen LogP contribution in [0, 0.1) is 0 Å². The first kappa shape index (κ1) is 16.1. The van der Waals surface area contributed by atoms with Crippen LogP contribution in [-0.4, -0.2) is 37.2 Å². The van der Waals surface area contributed by atoms with Crippen LogP contribution in [0.15, 0.2) is 54.6 Å². The highest BCUT2D eigenvalue weighted by Crippen LogP contribution is 2.26. The third-order valence-corrected chi connectivity index (χ3v) is 4.30. The van der Waals surface area contributed by atoms with Gasteiger partial charge in [-0.25, -0.2) is 9.97 Å². The van der Waals surface area contributed by atoms with Gasteiger partial charge in [-0.1, -0.05) is 42.5 Å². The van der Waals surface area contributed by atoms with Crippen molar-refractivity contribution >= 4 is 22.5 Å². The summed E-state index contributed by atoms with van der Waals surface area (Å²) in [6, 6.07) is 16.7. The molecule has 0 spiro atoms. The Hall–Kier alpha value is -3.36. The Morgan fingerprint density at radius 2 is 1.77 bits per heavy atom. The Balaban J connectivity index is 2.11. The van der Waals surface area contributed by atoms with Gasteiger partial charge in [-0.2, -0.15) is 4.52 Å². The second-order valence-electron chi connectivity index (χ2n) is 5.98. The van der Waals surface area contributed by atoms with Crippen LogP contribution in [0.2, 0.25) is 0 Å². The van der Waals surface area contributed by atoms with E-state index in [-0.39, 0.29) is 5.82 Å². The van der Waals surface area contributed by atoms with E-state index in [4.69, 9.17) is 11.5 Å². The highest BCUT2D eigenvalue weighted by Gasteiger charge is 2.39. The zero-order chi connectivity index (χ0) is 18.3. The maximum atomic E-state index is 11.9. The first-order valence-electron chi connectivity index (χ1n) is 7.95. The number of carbonyl (C=O) groups is 1. The fourth-order valence-corrected chi connectivity index (χ4v) is 2.81. The van der Waals surface area contributed by atoms with Crippen molar-refractivity contribution in [3.8, 4) is 11.4 Å². The summed E-state index contributed by atoms with van der Waals surface area (Å²) >= 11 is 0. The number of amides is 1. The van der Waals surface area contributed by atoms with Crippen molar-refractivity contribution in [2.24, 2.45) is 11.5 Å². The maximum Gasteiger partial charge on any atom is 0.247 e. The number of aliphatic hydroxyl groups excluding tert-OH is 1. The molecular formula is C18H16N6O2. The minimum atomic E-state index is -1.88. The molecule has 0 saturated carbocycles. The third-order valence-electron chi connectivity index (χ3n) is 4.30. The number of aliphatic hydroxyl groups is 1. The zero-order valence-corrected chi connectivity index (χ0v) is 13.7. The molecule has 0 aliphatic carbocycles. The number of nitrogens with zero attached hydrogens (tertiary/aromatic N) is 4. The summed E-state index contributed by atoms with van der Waals surface area (Å²) in [7, 11) is 0. The van der Waals surface area contributed by atoms with Gasteiger partial charge in [0.15, 0.2) is 22.8 Å². The number of para-hydroxylation sites is 1. The molecule has 0 aliphatic rings. The van der Waals surface area contributed by atoms with Crippen LogP contribution in [0.3, 0.4) is 0 Å². The van der Waals surface area contributed by atoms with Crippen molar-refractivity contribution in [2.75, 3.05) is 6.61 Å². The summed E-state index contributed by atoms with van der Waals surface area (Å²) in [6.45, 7) is -0.705. The number of hydrogen-bond donors (Lipinski definition) is 3. The fraction of sp³-hybridized carbons (Fsp3) is 0.111. The van der Waals surface area contributed by atoms with Crippen LogP contribution in [0.4, 0.5) is 0 Å². The topological polar surface area (TPSA) is 132 Å². The number of carbonyl (C=O) groups excluding carboxylic acids is 1. The van der Waals surface area contributed by atoms with Gasteiger partial charge in [-0.05, 0) is 12.1 Å². The largest absolute Gasteiger partial charge is 0.393 e. The van der Waals surface area contributed by atoms with Gasteiger partial charge in [-0.15, -0.1) is 5.10 Å². The molecule has 8 nitrogen and oxygen atoms in total. The number of nitrogens with two attached hydrogens (primary N) is 2. The molecule has 5 N–H and O–H groups in total. The normalized spacial score (nSPS) is 13.8. The molecule has 4 aromatic rings. The van der Waals surface area contributed by atoms with E-state index >= 15 is 0 Å². The van der Waals surface area contributed by atoms with Gasteiger partial charge in [0.25, 0.3) is 0 Å². The summed E-state index contributed by atoms with van der Waals surface area (Å²) in [6.07, 6.45) is 0. The maximum absolute atomic E-state index is 11.9. The van der Waals surface area contributed by atoms with Crippen molar-refractivity contribution in [1.82, 2.24) is 19.6 Å². The molecular weight excluding hydrogens is 332 g/mol. The first-order valence-corrected chi connectivity index (χ1v) is 7.95. The van der Waals surface area contributed by atoms with Gasteiger partial charge in [0.1, 0.15) is 0 Å². The van der Waals surface area contributed by atoms with E-state index in [1.54, 1.807) is 6.07 Å². The predicted molar refractivity (Wildman–Crippen MR) is 95.9 cm³/mol. The minimum Gasteiger partial charge on any atom is -0.393 e. The van der Waals surface area contributed by atoms with Crippen LogP contribution >= 0.6 is 0 Å². The van der Waals surface area contributed by atoms with E-state index in [9.17, 15) is 9.90 Å². The van der Waals surface area contributed by atoms with Gasteiger partial charge >= 0.3 is 0 Å². The summed E-state index contributed by atoms with van der Waals surface area (Å²) in [5.74, 6) is -0.411. The quantitative estimate of drug-likeness (QED) is 0.494. The number of primary amides is 1. The van der Waals surface area contributed by atoms with Crippen molar-refractivity contribution < 1.29 is 9.90 Å². The Labute approximate surface area is 148 Å². The lowest BCUT2D eigenvalue weighted by Gasteiger charge is -2.23. The molecule has 1 atom stereocenters. The number of aromatic nitrogens is 4. The lowest BCUT2D eigenvalue weighted by molar-refractivity contribution is -0.125. The molecule has 0 radical (unpaired) electrons. The van der Waals surface area contributed by atoms with Crippen molar-refractivity contribution in [1.29, 1.82) is 0 Å². The van der Waals surface area contributed by atoms with Gasteiger partial charge < -0.3 is 16.6 Å². The van der Waals surface area contributed by atoms with Crippen LogP contribution in [0.1, 0.15) is 5.82 Å². The van der Waals surface area contributed by atoms with Crippen molar-refractivity contribution in [3.63, 3.8) is 0 Å². The molecule has 0 unspecified atom stereocenters. The van der Waals surface area contributed by atoms with Crippen LogP contribution in [-0.2, 0) is 10.3 Å². The summed E-state index contributed by atoms with van der Waals surface area (Å²) < 4.78 is 1.38. The Kier molecular flexibility index (Phi) is 3.64. The van der Waals surface area contributed by atoms with Gasteiger partial charge in [0.2, 0.25) is 5.91 Å². The van der Waals surface area contributed by atoms with E-state index < -0.39 is 18.1 Å². The first-order chi connectivity index (χ1) is 12.5. The average molecular weight is 348 g/mol. The Morgan fingerprint density at radius 3 is 2.46 bits per heavy atom. The minimum absolute atomic E-state index is 0.0379. The standard InChI is InChI=1S/C18H16N6O2/c19-16(26)18(20,10-25)17-21-13-9-5-4-8-12(13)15-22-14(23-24(15)17)11-6-2-1-3-7-11/h1-9,25H,10,20H2,(H2,19,26)/t18-/m1/s1. The Bertz CT molecular complexity index is 1120. The molecule has 2 heterocycles. The second-order valence-corrected chi connectivity index (χ2v) is 5.98. The van der Waals surface area contributed by atoms with Crippen LogP contribution < -0.4 is 11.5 Å². The third kappa shape index (κ3) is 2.32. The molecule has 26 heavy (non-hydrogen) atoms. The van der Waals surface area contributed by atoms with E-state index in [0.29, 0.717) is 17.0 Å². The highest BCUT2D eigenvalue weighted by molar-refractivity contribution is 5.93. The van der Waals surface area contributed by atoms with E-state index in [0.717, 1.165) is 10.9 Å². The van der Waals surface area contributed by atoms with Gasteiger partial charge in [0, 0.05) is 10.9 Å². The molecule has 0 fully saturated rings. The molecule has 8 heteroatoms. The van der Waals surface area contributed by atoms with Crippen LogP contribution in [0.5, 0.6) is 0 Å². The Morgan fingerprint density at radius 1 is 1.08 bits per heavy atom. The fourth-order valence-electron chi connectivity index (χ4n) is 2.81. The lowest BCUT2D eigenvalue weighted by Crippen LogP contribution is -2.53. The van der Waals surface area contributed by atoms with Crippen LogP contribution in [0.25, 0.3) is 27.9 Å².